The van der Waals surface area contributed by atoms with Gasteiger partial charge in [0.25, 0.3) is 0 Å². The fourth-order valence-electron chi connectivity index (χ4n) is 1.66. The summed E-state index contributed by atoms with van der Waals surface area (Å²) in [6.45, 7) is 1.52. The normalized spacial score (nSPS) is 11.2. The van der Waals surface area contributed by atoms with Crippen LogP contribution in [0.3, 0.4) is 0 Å². The van der Waals surface area contributed by atoms with Crippen LogP contribution in [0.1, 0.15) is 16.2 Å². The smallest absolute Gasteiger partial charge is 0.477 e. The predicted molar refractivity (Wildman–Crippen MR) is 65.8 cm³/mol. The third-order valence-electron chi connectivity index (χ3n) is 2.43. The van der Waals surface area contributed by atoms with Gasteiger partial charge in [-0.25, -0.2) is 14.8 Å². The van der Waals surface area contributed by atoms with Crippen molar-refractivity contribution in [2.45, 2.75) is 13.3 Å². The van der Waals surface area contributed by atoms with Crippen LogP contribution in [0.4, 0.5) is 13.2 Å². The predicted octanol–water partition coefficient (Wildman–Crippen LogP) is 3.05. The molecule has 0 unspecified atom stereocenters. The van der Waals surface area contributed by atoms with Gasteiger partial charge >= 0.3 is 12.3 Å². The monoisotopic (exact) mass is 298 g/mol. The lowest BCUT2D eigenvalue weighted by Gasteiger charge is -2.12. The van der Waals surface area contributed by atoms with E-state index in [1.165, 1.54) is 31.2 Å². The lowest BCUT2D eigenvalue weighted by atomic mass is 10.1. The summed E-state index contributed by atoms with van der Waals surface area (Å²) in [5.74, 6) is -1.94. The van der Waals surface area contributed by atoms with Gasteiger partial charge in [0.15, 0.2) is 11.5 Å². The highest BCUT2D eigenvalue weighted by Crippen LogP contribution is 2.32. The number of aromatic carboxylic acids is 1. The first-order valence-corrected chi connectivity index (χ1v) is 5.70. The number of aryl methyl sites for hydroxylation is 1. The maximum atomic E-state index is 12.4. The maximum Gasteiger partial charge on any atom is 0.573 e. The average Bonchev–Trinajstić information content (AvgIpc) is 2.36. The Morgan fingerprint density at radius 3 is 2.52 bits per heavy atom. The first-order chi connectivity index (χ1) is 9.76. The van der Waals surface area contributed by atoms with Gasteiger partial charge in [-0.15, -0.1) is 13.2 Å². The summed E-state index contributed by atoms with van der Waals surface area (Å²) < 4.78 is 41.0. The first-order valence-electron chi connectivity index (χ1n) is 5.70. The van der Waals surface area contributed by atoms with Gasteiger partial charge in [0.1, 0.15) is 5.75 Å². The molecule has 2 aromatic rings. The Bertz CT molecular complexity index is 687. The molecule has 1 heterocycles. The van der Waals surface area contributed by atoms with Gasteiger partial charge in [0, 0.05) is 5.69 Å². The molecule has 0 fully saturated rings. The number of para-hydroxylation sites is 1. The largest absolute Gasteiger partial charge is 0.573 e. The van der Waals surface area contributed by atoms with Crippen LogP contribution in [-0.2, 0) is 0 Å². The summed E-state index contributed by atoms with van der Waals surface area (Å²) >= 11 is 0. The number of rotatable bonds is 3. The molecule has 110 valence electrons. The van der Waals surface area contributed by atoms with Crippen molar-refractivity contribution in [3.63, 3.8) is 0 Å². The minimum absolute atomic E-state index is 0.0407. The Morgan fingerprint density at radius 1 is 1.24 bits per heavy atom. The molecule has 1 N–H and O–H groups in total. The molecule has 21 heavy (non-hydrogen) atoms. The summed E-state index contributed by atoms with van der Waals surface area (Å²) in [7, 11) is 0. The molecule has 5 nitrogen and oxygen atoms in total. The summed E-state index contributed by atoms with van der Waals surface area (Å²) in [5.41, 5.74) is -0.0282. The Hall–Kier alpha value is -2.64. The number of aromatic nitrogens is 2. The molecule has 0 amide bonds. The van der Waals surface area contributed by atoms with Crippen molar-refractivity contribution >= 4 is 5.97 Å². The van der Waals surface area contributed by atoms with Gasteiger partial charge in [-0.3, -0.25) is 0 Å². The number of hydrogen-bond acceptors (Lipinski definition) is 4. The van der Waals surface area contributed by atoms with E-state index in [1.807, 2.05) is 0 Å². The van der Waals surface area contributed by atoms with Crippen LogP contribution in [0, 0.1) is 6.92 Å². The molecule has 0 saturated carbocycles. The van der Waals surface area contributed by atoms with Gasteiger partial charge in [-0.05, 0) is 25.1 Å². The maximum absolute atomic E-state index is 12.4. The number of nitrogens with zero attached hydrogens (tertiary/aromatic N) is 2. The minimum Gasteiger partial charge on any atom is -0.477 e. The number of carboxylic acid groups (broad SMARTS) is 1. The molecule has 0 radical (unpaired) electrons. The number of carboxylic acids is 1. The van der Waals surface area contributed by atoms with Crippen molar-refractivity contribution in [1.29, 1.82) is 0 Å². The number of halogens is 3. The zero-order valence-electron chi connectivity index (χ0n) is 10.7. The lowest BCUT2D eigenvalue weighted by Crippen LogP contribution is -2.18. The molecule has 1 aromatic carbocycles. The molecular formula is C13H9F3N2O3. The van der Waals surface area contributed by atoms with E-state index in [0.717, 1.165) is 6.07 Å². The van der Waals surface area contributed by atoms with E-state index >= 15 is 0 Å². The third kappa shape index (κ3) is 3.68. The molecule has 0 spiro atoms. The zero-order valence-corrected chi connectivity index (χ0v) is 10.7. The SMILES string of the molecule is Cc1cc(C(=O)O)nc(-c2ccccc2OC(F)(F)F)n1. The quantitative estimate of drug-likeness (QED) is 0.943. The van der Waals surface area contributed by atoms with Crippen molar-refractivity contribution in [2.24, 2.45) is 0 Å². The summed E-state index contributed by atoms with van der Waals surface area (Å²) in [4.78, 5) is 18.6. The van der Waals surface area contributed by atoms with Crippen LogP contribution < -0.4 is 4.74 Å². The van der Waals surface area contributed by atoms with E-state index in [9.17, 15) is 18.0 Å². The highest BCUT2D eigenvalue weighted by Gasteiger charge is 2.32. The second kappa shape index (κ2) is 5.39. The summed E-state index contributed by atoms with van der Waals surface area (Å²) in [6.07, 6.45) is -4.87. The van der Waals surface area contributed by atoms with Gasteiger partial charge in [0.05, 0.1) is 5.56 Å². The average molecular weight is 298 g/mol. The van der Waals surface area contributed by atoms with Crippen molar-refractivity contribution in [3.8, 4) is 17.1 Å². The fourth-order valence-corrected chi connectivity index (χ4v) is 1.66. The first kappa shape index (κ1) is 14.8. The minimum atomic E-state index is -4.87. The number of hydrogen-bond donors (Lipinski definition) is 1. The van der Waals surface area contributed by atoms with Crippen molar-refractivity contribution in [2.75, 3.05) is 0 Å². The van der Waals surface area contributed by atoms with E-state index < -0.39 is 18.1 Å². The number of alkyl halides is 3. The highest BCUT2D eigenvalue weighted by atomic mass is 19.4. The standard InChI is InChI=1S/C13H9F3N2O3/c1-7-6-9(12(19)20)18-11(17-7)8-4-2-3-5-10(8)21-13(14,15)16/h2-6H,1H3,(H,19,20). The van der Waals surface area contributed by atoms with Crippen LogP contribution in [0.15, 0.2) is 30.3 Å². The summed E-state index contributed by atoms with van der Waals surface area (Å²) in [5, 5.41) is 8.93. The fraction of sp³-hybridized carbons (Fsp3) is 0.154. The van der Waals surface area contributed by atoms with Gasteiger partial charge < -0.3 is 9.84 Å². The molecule has 0 aliphatic carbocycles. The molecule has 0 saturated heterocycles. The van der Waals surface area contributed by atoms with Gasteiger partial charge in [-0.1, -0.05) is 12.1 Å². The Kier molecular flexibility index (Phi) is 3.79. The second-order valence-electron chi connectivity index (χ2n) is 4.07. The van der Waals surface area contributed by atoms with Crippen LogP contribution in [-0.4, -0.2) is 27.4 Å². The number of benzene rings is 1. The lowest BCUT2D eigenvalue weighted by molar-refractivity contribution is -0.274. The molecular weight excluding hydrogens is 289 g/mol. The number of carbonyl (C=O) groups is 1. The molecule has 0 aliphatic rings. The second-order valence-corrected chi connectivity index (χ2v) is 4.07. The Balaban J connectivity index is 2.54. The van der Waals surface area contributed by atoms with Crippen LogP contribution in [0.2, 0.25) is 0 Å². The van der Waals surface area contributed by atoms with E-state index in [4.69, 9.17) is 5.11 Å². The molecule has 2 rings (SSSR count). The topological polar surface area (TPSA) is 72.3 Å². The van der Waals surface area contributed by atoms with E-state index in [0.29, 0.717) is 5.69 Å². The zero-order chi connectivity index (χ0) is 15.6. The molecule has 8 heteroatoms. The van der Waals surface area contributed by atoms with Crippen molar-refractivity contribution < 1.29 is 27.8 Å². The molecule has 0 atom stereocenters. The molecule has 0 bridgehead atoms. The van der Waals surface area contributed by atoms with Gasteiger partial charge in [0.2, 0.25) is 0 Å². The van der Waals surface area contributed by atoms with E-state index in [-0.39, 0.29) is 17.1 Å². The number of ether oxygens (including phenoxy) is 1. The Labute approximate surface area is 117 Å². The highest BCUT2D eigenvalue weighted by molar-refractivity contribution is 5.86. The molecule has 0 aliphatic heterocycles. The third-order valence-corrected chi connectivity index (χ3v) is 2.43. The Morgan fingerprint density at radius 2 is 1.90 bits per heavy atom. The van der Waals surface area contributed by atoms with Gasteiger partial charge in [-0.2, -0.15) is 0 Å². The van der Waals surface area contributed by atoms with Crippen LogP contribution in [0.25, 0.3) is 11.4 Å². The summed E-state index contributed by atoms with van der Waals surface area (Å²) in [6, 6.07) is 6.48. The van der Waals surface area contributed by atoms with Crippen LogP contribution >= 0.6 is 0 Å². The van der Waals surface area contributed by atoms with E-state index in [2.05, 4.69) is 14.7 Å². The van der Waals surface area contributed by atoms with E-state index in [1.54, 1.807) is 0 Å². The van der Waals surface area contributed by atoms with Crippen molar-refractivity contribution in [1.82, 2.24) is 9.97 Å². The van der Waals surface area contributed by atoms with Crippen molar-refractivity contribution in [3.05, 3.63) is 41.7 Å². The van der Waals surface area contributed by atoms with Crippen LogP contribution in [0.5, 0.6) is 5.75 Å². The molecule has 1 aromatic heterocycles.